The number of hydrogen-bond acceptors (Lipinski definition) is 2. The molecule has 8 aromatic rings. The van der Waals surface area contributed by atoms with Crippen molar-refractivity contribution in [3.05, 3.63) is 198 Å². The molecule has 0 saturated carbocycles. The van der Waals surface area contributed by atoms with Gasteiger partial charge in [0.05, 0.1) is 0 Å². The van der Waals surface area contributed by atoms with E-state index in [0.29, 0.717) is 0 Å². The predicted molar refractivity (Wildman–Crippen MR) is 229 cm³/mol. The molecule has 0 aliphatic heterocycles. The van der Waals surface area contributed by atoms with E-state index in [2.05, 4.69) is 194 Å². The fourth-order valence-corrected chi connectivity index (χ4v) is 8.14. The summed E-state index contributed by atoms with van der Waals surface area (Å²) in [6.45, 7) is 2.13. The van der Waals surface area contributed by atoms with Crippen molar-refractivity contribution in [1.82, 2.24) is 0 Å². The van der Waals surface area contributed by atoms with Crippen LogP contribution in [-0.2, 0) is 25.7 Å². The van der Waals surface area contributed by atoms with Crippen molar-refractivity contribution < 1.29 is 0 Å². The molecule has 54 heavy (non-hydrogen) atoms. The first-order valence-corrected chi connectivity index (χ1v) is 19.2. The highest BCUT2D eigenvalue weighted by molar-refractivity contribution is 5.92. The van der Waals surface area contributed by atoms with Gasteiger partial charge in [0.1, 0.15) is 0 Å². The maximum Gasteiger partial charge on any atom is 0.0468 e. The standard InChI is InChI=1S/C52H42N2/c1-35-3-5-36(6-4-35)37-17-25-49(26-18-37)54(50-27-19-41(20-28-50)45-14-10-39-8-12-43(39)32-45)52-30-22-46-33-51(29-21-47(46)34-52)53(2)48-23-15-40(16-24-48)44-13-9-38-7-11-42(38)31-44/h3-6,9-10,13-34H,7-8,11-12H2,1-2H3. The summed E-state index contributed by atoms with van der Waals surface area (Å²) in [5, 5.41) is 2.42. The van der Waals surface area contributed by atoms with E-state index in [1.165, 1.54) is 109 Å². The van der Waals surface area contributed by atoms with Crippen molar-refractivity contribution in [3.63, 3.8) is 0 Å². The van der Waals surface area contributed by atoms with Crippen molar-refractivity contribution >= 4 is 39.2 Å². The molecule has 260 valence electrons. The number of fused-ring (bicyclic) bond motifs is 3. The smallest absolute Gasteiger partial charge is 0.0468 e. The molecule has 0 aromatic heterocycles. The summed E-state index contributed by atoms with van der Waals surface area (Å²) in [7, 11) is 2.16. The van der Waals surface area contributed by atoms with Gasteiger partial charge in [-0.3, -0.25) is 0 Å². The maximum atomic E-state index is 2.38. The number of aryl methyl sites for hydroxylation is 5. The van der Waals surface area contributed by atoms with Gasteiger partial charge >= 0.3 is 0 Å². The average Bonchev–Trinajstić information content (AvgIpc) is 3.19. The Morgan fingerprint density at radius 1 is 0.315 bits per heavy atom. The first-order chi connectivity index (χ1) is 26.5. The van der Waals surface area contributed by atoms with Gasteiger partial charge in [0, 0.05) is 35.5 Å². The summed E-state index contributed by atoms with van der Waals surface area (Å²) in [5.74, 6) is 0. The molecule has 2 aliphatic rings. The van der Waals surface area contributed by atoms with E-state index in [-0.39, 0.29) is 0 Å². The second kappa shape index (κ2) is 13.2. The van der Waals surface area contributed by atoms with Crippen LogP contribution in [0.25, 0.3) is 44.2 Å². The molecule has 2 aliphatic carbocycles. The highest BCUT2D eigenvalue weighted by Gasteiger charge is 2.17. The molecule has 10 rings (SSSR count). The molecule has 8 aromatic carbocycles. The Bertz CT molecular complexity index is 2650. The molecule has 0 N–H and O–H groups in total. The summed E-state index contributed by atoms with van der Waals surface area (Å²) < 4.78 is 0. The lowest BCUT2D eigenvalue weighted by molar-refractivity contribution is 0.840. The van der Waals surface area contributed by atoms with Crippen molar-refractivity contribution in [2.45, 2.75) is 32.6 Å². The molecular formula is C52H42N2. The number of hydrogen-bond donors (Lipinski definition) is 0. The van der Waals surface area contributed by atoms with Crippen LogP contribution in [0.5, 0.6) is 0 Å². The number of anilines is 5. The largest absolute Gasteiger partial charge is 0.345 e. The molecule has 0 radical (unpaired) electrons. The van der Waals surface area contributed by atoms with E-state index in [4.69, 9.17) is 0 Å². The lowest BCUT2D eigenvalue weighted by Gasteiger charge is -2.27. The molecule has 2 nitrogen and oxygen atoms in total. The van der Waals surface area contributed by atoms with Gasteiger partial charge in [0.15, 0.2) is 0 Å². The van der Waals surface area contributed by atoms with Crippen LogP contribution in [0, 0.1) is 6.92 Å². The lowest BCUT2D eigenvalue weighted by Crippen LogP contribution is -2.10. The molecular weight excluding hydrogens is 653 g/mol. The van der Waals surface area contributed by atoms with E-state index in [9.17, 15) is 0 Å². The van der Waals surface area contributed by atoms with Crippen molar-refractivity contribution in [2.24, 2.45) is 0 Å². The third-order valence-corrected chi connectivity index (χ3v) is 11.7. The summed E-state index contributed by atoms with van der Waals surface area (Å²) in [6, 6.07) is 63.3. The Kier molecular flexibility index (Phi) is 7.91. The molecule has 0 amide bonds. The summed E-state index contributed by atoms with van der Waals surface area (Å²) in [4.78, 5) is 4.65. The SMILES string of the molecule is Cc1ccc(-c2ccc(N(c3ccc(-c4ccc5c(c4)CC5)cc3)c3ccc4cc(N(C)c5ccc(-c6ccc7c(c6)CC7)cc5)ccc4c3)cc2)cc1. The van der Waals surface area contributed by atoms with Gasteiger partial charge in [-0.1, -0.05) is 115 Å². The maximum absolute atomic E-state index is 2.38. The van der Waals surface area contributed by atoms with Crippen LogP contribution in [-0.4, -0.2) is 7.05 Å². The third-order valence-electron chi connectivity index (χ3n) is 11.7. The Balaban J connectivity index is 0.960. The molecule has 0 atom stereocenters. The normalized spacial score (nSPS) is 12.7. The van der Waals surface area contributed by atoms with E-state index >= 15 is 0 Å². The summed E-state index contributed by atoms with van der Waals surface area (Å²) in [6.07, 6.45) is 4.82. The third kappa shape index (κ3) is 5.94. The Morgan fingerprint density at radius 2 is 0.685 bits per heavy atom. The molecule has 0 fully saturated rings. The Hall–Kier alpha value is -6.38. The minimum absolute atomic E-state index is 1.13. The highest BCUT2D eigenvalue weighted by atomic mass is 15.1. The van der Waals surface area contributed by atoms with Crippen LogP contribution in [0.15, 0.2) is 170 Å². The van der Waals surface area contributed by atoms with Crippen LogP contribution in [0.3, 0.4) is 0 Å². The quantitative estimate of drug-likeness (QED) is 0.156. The molecule has 0 spiro atoms. The van der Waals surface area contributed by atoms with E-state index in [1.54, 1.807) is 0 Å². The molecule has 0 bridgehead atoms. The van der Waals surface area contributed by atoms with Crippen LogP contribution in [0.1, 0.15) is 27.8 Å². The topological polar surface area (TPSA) is 6.48 Å². The monoisotopic (exact) mass is 694 g/mol. The van der Waals surface area contributed by atoms with Gasteiger partial charge in [0.2, 0.25) is 0 Å². The lowest BCUT2D eigenvalue weighted by atomic mass is 9.86. The highest BCUT2D eigenvalue weighted by Crippen LogP contribution is 2.40. The first kappa shape index (κ1) is 32.3. The summed E-state index contributed by atoms with van der Waals surface area (Å²) >= 11 is 0. The van der Waals surface area contributed by atoms with Gasteiger partial charge in [-0.15, -0.1) is 0 Å². The van der Waals surface area contributed by atoms with Gasteiger partial charge in [-0.05, 0) is 160 Å². The van der Waals surface area contributed by atoms with Gasteiger partial charge < -0.3 is 9.80 Å². The zero-order valence-corrected chi connectivity index (χ0v) is 30.9. The Labute approximate surface area is 318 Å². The molecule has 2 heteroatoms. The predicted octanol–water partition coefficient (Wildman–Crippen LogP) is 13.6. The van der Waals surface area contributed by atoms with E-state index in [0.717, 1.165) is 17.1 Å². The molecule has 0 unspecified atom stereocenters. The minimum atomic E-state index is 1.13. The second-order valence-electron chi connectivity index (χ2n) is 15.1. The summed E-state index contributed by atoms with van der Waals surface area (Å²) in [5.41, 5.74) is 20.6. The van der Waals surface area contributed by atoms with Crippen molar-refractivity contribution in [1.29, 1.82) is 0 Å². The second-order valence-corrected chi connectivity index (χ2v) is 15.1. The first-order valence-electron chi connectivity index (χ1n) is 19.2. The number of nitrogens with zero attached hydrogens (tertiary/aromatic N) is 2. The zero-order valence-electron chi connectivity index (χ0n) is 30.9. The van der Waals surface area contributed by atoms with Crippen LogP contribution >= 0.6 is 0 Å². The fourth-order valence-electron chi connectivity index (χ4n) is 8.14. The van der Waals surface area contributed by atoms with Crippen LogP contribution in [0.4, 0.5) is 28.4 Å². The van der Waals surface area contributed by atoms with Gasteiger partial charge in [-0.25, -0.2) is 0 Å². The number of rotatable bonds is 8. The molecule has 0 heterocycles. The van der Waals surface area contributed by atoms with E-state index < -0.39 is 0 Å². The fraction of sp³-hybridized carbons (Fsp3) is 0.115. The number of benzene rings is 8. The molecule has 0 saturated heterocycles. The Morgan fingerprint density at radius 3 is 1.15 bits per heavy atom. The van der Waals surface area contributed by atoms with Gasteiger partial charge in [-0.2, -0.15) is 0 Å². The van der Waals surface area contributed by atoms with Crippen molar-refractivity contribution in [3.8, 4) is 33.4 Å². The van der Waals surface area contributed by atoms with Gasteiger partial charge in [0.25, 0.3) is 0 Å². The van der Waals surface area contributed by atoms with E-state index in [1.807, 2.05) is 0 Å². The average molecular weight is 695 g/mol. The van der Waals surface area contributed by atoms with Crippen molar-refractivity contribution in [2.75, 3.05) is 16.8 Å². The van der Waals surface area contributed by atoms with Crippen LogP contribution in [0.2, 0.25) is 0 Å². The zero-order chi connectivity index (χ0) is 36.2. The van der Waals surface area contributed by atoms with Crippen LogP contribution < -0.4 is 9.80 Å². The minimum Gasteiger partial charge on any atom is -0.345 e.